The zero-order valence-corrected chi connectivity index (χ0v) is 16.7. The summed E-state index contributed by atoms with van der Waals surface area (Å²) in [6.45, 7) is 5.66. The van der Waals surface area contributed by atoms with E-state index in [0.717, 1.165) is 11.0 Å². The standard InChI is InChI=1S/C21H20N2O4S/c1-21(2,3)27-19(24)9-17-15-11-28-12-16(15)20(25)23(22-17)10-14-8-13-6-4-5-7-18(13)26-14/h4-8,11-12H,9-10H2,1-3H3. The van der Waals surface area contributed by atoms with Gasteiger partial charge in [-0.1, -0.05) is 18.2 Å². The molecule has 0 radical (unpaired) electrons. The Balaban J connectivity index is 1.71. The van der Waals surface area contributed by atoms with Crippen molar-refractivity contribution in [2.45, 2.75) is 39.3 Å². The van der Waals surface area contributed by atoms with Gasteiger partial charge < -0.3 is 9.15 Å². The molecule has 0 atom stereocenters. The predicted octanol–water partition coefficient (Wildman–Crippen LogP) is 4.14. The summed E-state index contributed by atoms with van der Waals surface area (Å²) in [6, 6.07) is 9.56. The Morgan fingerprint density at radius 1 is 1.21 bits per heavy atom. The first-order chi connectivity index (χ1) is 13.3. The molecule has 4 rings (SSSR count). The van der Waals surface area contributed by atoms with Crippen LogP contribution in [0.15, 0.2) is 50.3 Å². The van der Waals surface area contributed by atoms with Gasteiger partial charge in [0, 0.05) is 21.5 Å². The second-order valence-electron chi connectivity index (χ2n) is 7.62. The van der Waals surface area contributed by atoms with E-state index in [0.29, 0.717) is 22.2 Å². The minimum Gasteiger partial charge on any atom is -0.460 e. The molecule has 4 aromatic rings. The van der Waals surface area contributed by atoms with Gasteiger partial charge in [0.2, 0.25) is 0 Å². The second kappa shape index (κ2) is 6.91. The number of hydrogen-bond acceptors (Lipinski definition) is 6. The van der Waals surface area contributed by atoms with Crippen molar-refractivity contribution in [3.05, 3.63) is 62.9 Å². The van der Waals surface area contributed by atoms with Crippen molar-refractivity contribution in [2.24, 2.45) is 0 Å². The number of hydrogen-bond donors (Lipinski definition) is 0. The Bertz CT molecular complexity index is 1190. The molecule has 0 bridgehead atoms. The largest absolute Gasteiger partial charge is 0.460 e. The van der Waals surface area contributed by atoms with Crippen LogP contribution in [0.25, 0.3) is 21.7 Å². The van der Waals surface area contributed by atoms with Gasteiger partial charge in [-0.05, 0) is 32.9 Å². The summed E-state index contributed by atoms with van der Waals surface area (Å²) in [6.07, 6.45) is 0.00487. The average Bonchev–Trinajstić information content (AvgIpc) is 3.24. The zero-order chi connectivity index (χ0) is 19.9. The molecule has 3 aromatic heterocycles. The summed E-state index contributed by atoms with van der Waals surface area (Å²) in [5.74, 6) is 0.259. The van der Waals surface area contributed by atoms with Crippen LogP contribution >= 0.6 is 11.3 Å². The molecule has 0 spiro atoms. The van der Waals surface area contributed by atoms with Gasteiger partial charge in [0.05, 0.1) is 17.5 Å². The molecule has 144 valence electrons. The predicted molar refractivity (Wildman–Crippen MR) is 109 cm³/mol. The van der Waals surface area contributed by atoms with Crippen LogP contribution < -0.4 is 5.56 Å². The average molecular weight is 396 g/mol. The van der Waals surface area contributed by atoms with Gasteiger partial charge in [0.15, 0.2) is 0 Å². The van der Waals surface area contributed by atoms with Gasteiger partial charge in [0.1, 0.15) is 23.5 Å². The maximum absolute atomic E-state index is 12.8. The highest BCUT2D eigenvalue weighted by molar-refractivity contribution is 7.09. The fourth-order valence-corrected chi connectivity index (χ4v) is 3.92. The molecule has 0 aliphatic heterocycles. The van der Waals surface area contributed by atoms with Crippen LogP contribution in [0.1, 0.15) is 32.2 Å². The van der Waals surface area contributed by atoms with E-state index < -0.39 is 5.60 Å². The third-order valence-corrected chi connectivity index (χ3v) is 4.94. The van der Waals surface area contributed by atoms with E-state index in [4.69, 9.17) is 9.15 Å². The van der Waals surface area contributed by atoms with Crippen LogP contribution in [-0.2, 0) is 22.5 Å². The number of ether oxygens (including phenoxy) is 1. The second-order valence-corrected chi connectivity index (χ2v) is 8.37. The van der Waals surface area contributed by atoms with Crippen molar-refractivity contribution < 1.29 is 13.9 Å². The van der Waals surface area contributed by atoms with Gasteiger partial charge in [-0.2, -0.15) is 16.4 Å². The van der Waals surface area contributed by atoms with Crippen LogP contribution in [0.5, 0.6) is 0 Å². The molecule has 0 saturated heterocycles. The van der Waals surface area contributed by atoms with E-state index in [1.807, 2.05) is 56.5 Å². The summed E-state index contributed by atoms with van der Waals surface area (Å²) >= 11 is 1.41. The van der Waals surface area contributed by atoms with Gasteiger partial charge in [0.25, 0.3) is 5.56 Å². The normalized spacial score (nSPS) is 12.0. The maximum atomic E-state index is 12.8. The first-order valence-electron chi connectivity index (χ1n) is 8.95. The number of nitrogens with zero attached hydrogens (tertiary/aromatic N) is 2. The molecule has 6 nitrogen and oxygen atoms in total. The molecule has 3 heterocycles. The van der Waals surface area contributed by atoms with E-state index in [1.165, 1.54) is 16.0 Å². The molecule has 0 aliphatic carbocycles. The van der Waals surface area contributed by atoms with Crippen molar-refractivity contribution >= 4 is 39.0 Å². The number of fused-ring (bicyclic) bond motifs is 2. The number of esters is 1. The number of rotatable bonds is 4. The molecule has 0 saturated carbocycles. The number of carbonyl (C=O) groups is 1. The van der Waals surface area contributed by atoms with Crippen LogP contribution in [0.3, 0.4) is 0 Å². The molecule has 0 amide bonds. The monoisotopic (exact) mass is 396 g/mol. The minimum atomic E-state index is -0.576. The Labute approximate surface area is 165 Å². The molecule has 1 aromatic carbocycles. The Hall–Kier alpha value is -2.93. The van der Waals surface area contributed by atoms with E-state index in [1.54, 1.807) is 5.38 Å². The lowest BCUT2D eigenvalue weighted by Gasteiger charge is -2.19. The lowest BCUT2D eigenvalue weighted by atomic mass is 10.1. The van der Waals surface area contributed by atoms with Crippen molar-refractivity contribution in [1.82, 2.24) is 9.78 Å². The molecule has 28 heavy (non-hydrogen) atoms. The number of carbonyl (C=O) groups excluding carboxylic acids is 1. The van der Waals surface area contributed by atoms with Crippen molar-refractivity contribution in [3.8, 4) is 0 Å². The lowest BCUT2D eigenvalue weighted by molar-refractivity contribution is -0.153. The van der Waals surface area contributed by atoms with Crippen LogP contribution in [0, 0.1) is 0 Å². The minimum absolute atomic E-state index is 0.00487. The fraction of sp³-hybridized carbons (Fsp3) is 0.286. The first kappa shape index (κ1) is 18.4. The van der Waals surface area contributed by atoms with Gasteiger partial charge in [-0.25, -0.2) is 4.68 Å². The number of para-hydroxylation sites is 1. The molecule has 0 N–H and O–H groups in total. The van der Waals surface area contributed by atoms with Gasteiger partial charge >= 0.3 is 5.97 Å². The Morgan fingerprint density at radius 3 is 2.71 bits per heavy atom. The molecule has 0 unspecified atom stereocenters. The SMILES string of the molecule is CC(C)(C)OC(=O)Cc1nn(Cc2cc3ccccc3o2)c(=O)c2cscc12. The van der Waals surface area contributed by atoms with Crippen molar-refractivity contribution in [3.63, 3.8) is 0 Å². The molecule has 0 aliphatic rings. The number of benzene rings is 1. The highest BCUT2D eigenvalue weighted by Gasteiger charge is 2.20. The van der Waals surface area contributed by atoms with E-state index in [-0.39, 0.29) is 24.5 Å². The Morgan fingerprint density at radius 2 is 1.96 bits per heavy atom. The van der Waals surface area contributed by atoms with Crippen LogP contribution in [0.4, 0.5) is 0 Å². The molecular formula is C21H20N2O4S. The first-order valence-corrected chi connectivity index (χ1v) is 9.90. The van der Waals surface area contributed by atoms with Gasteiger partial charge in [-0.15, -0.1) is 0 Å². The zero-order valence-electron chi connectivity index (χ0n) is 15.9. The fourth-order valence-electron chi connectivity index (χ4n) is 3.08. The van der Waals surface area contributed by atoms with E-state index >= 15 is 0 Å². The Kier molecular flexibility index (Phi) is 4.55. The lowest BCUT2D eigenvalue weighted by Crippen LogP contribution is -2.28. The smallest absolute Gasteiger partial charge is 0.312 e. The highest BCUT2D eigenvalue weighted by Crippen LogP contribution is 2.22. The number of thiophene rings is 1. The molecule has 0 fully saturated rings. The van der Waals surface area contributed by atoms with Crippen molar-refractivity contribution in [2.75, 3.05) is 0 Å². The maximum Gasteiger partial charge on any atom is 0.312 e. The summed E-state index contributed by atoms with van der Waals surface area (Å²) in [4.78, 5) is 25.1. The number of aromatic nitrogens is 2. The quantitative estimate of drug-likeness (QED) is 0.485. The van der Waals surface area contributed by atoms with E-state index in [2.05, 4.69) is 5.10 Å². The third kappa shape index (κ3) is 3.71. The number of furan rings is 1. The summed E-state index contributed by atoms with van der Waals surface area (Å²) in [5.41, 5.74) is 0.509. The van der Waals surface area contributed by atoms with Crippen LogP contribution in [0.2, 0.25) is 0 Å². The summed E-state index contributed by atoms with van der Waals surface area (Å²) < 4.78 is 12.6. The van der Waals surface area contributed by atoms with Crippen molar-refractivity contribution in [1.29, 1.82) is 0 Å². The summed E-state index contributed by atoms with van der Waals surface area (Å²) in [7, 11) is 0. The molecule has 7 heteroatoms. The molecular weight excluding hydrogens is 376 g/mol. The van der Waals surface area contributed by atoms with E-state index in [9.17, 15) is 9.59 Å². The third-order valence-electron chi connectivity index (χ3n) is 4.19. The topological polar surface area (TPSA) is 74.3 Å². The summed E-state index contributed by atoms with van der Waals surface area (Å²) in [5, 5.41) is 10.3. The van der Waals surface area contributed by atoms with Gasteiger partial charge in [-0.3, -0.25) is 9.59 Å². The highest BCUT2D eigenvalue weighted by atomic mass is 32.1. The van der Waals surface area contributed by atoms with Crippen LogP contribution in [-0.4, -0.2) is 21.4 Å².